The molecule has 1 radical (unpaired) electrons. The van der Waals surface area contributed by atoms with Crippen LogP contribution in [0.25, 0.3) is 0 Å². The van der Waals surface area contributed by atoms with Gasteiger partial charge in [-0.1, -0.05) is 0 Å². The van der Waals surface area contributed by atoms with Gasteiger partial charge in [0.15, 0.2) is 0 Å². The summed E-state index contributed by atoms with van der Waals surface area (Å²) in [6.07, 6.45) is 0.484. The summed E-state index contributed by atoms with van der Waals surface area (Å²) >= 11 is 0. The van der Waals surface area contributed by atoms with E-state index in [0.29, 0.717) is 0 Å². The molecule has 1 aromatic carbocycles. The zero-order chi connectivity index (χ0) is 17.5. The molecule has 24 heavy (non-hydrogen) atoms. The van der Waals surface area contributed by atoms with Crippen molar-refractivity contribution in [3.63, 3.8) is 0 Å². The quantitative estimate of drug-likeness (QED) is 0.372. The molecule has 1 aromatic rings. The fraction of sp³-hybridized carbons (Fsp3) is 0.250. The molecule has 121 valence electrons. The smallest absolute Gasteiger partial charge is 0.416 e. The summed E-state index contributed by atoms with van der Waals surface area (Å²) in [6, 6.07) is 5.59. The molecule has 0 aliphatic carbocycles. The molecule has 0 bridgehead atoms. The average Bonchev–Trinajstić information content (AvgIpc) is 2.49. The number of nitriles is 1. The molecular weight excluding hydrogens is 332 g/mol. The first-order valence-electron chi connectivity index (χ1n) is 6.49. The number of anilines is 1. The fourth-order valence-corrected chi connectivity index (χ4v) is 1.66. The number of halogens is 3. The molecular formula is C16H13F3N2NaO2. The van der Waals surface area contributed by atoms with Gasteiger partial charge in [0.05, 0.1) is 23.6 Å². The minimum absolute atomic E-state index is 0. The van der Waals surface area contributed by atoms with E-state index in [-0.39, 0.29) is 59.4 Å². The standard InChI is InChI=1S/C16H13F3N2O2.Na/c1-2-3-4-14(22)11(10-20)9-15(23)21-13-7-5-12(6-8-13)16(17,18)19;/h1,5-8,22H,3-4,9H2,(H,21,23);. The average molecular weight is 345 g/mol. The van der Waals surface area contributed by atoms with Crippen LogP contribution in [-0.2, 0) is 11.0 Å². The number of aliphatic hydroxyl groups excluding tert-OH is 1. The van der Waals surface area contributed by atoms with Crippen LogP contribution in [-0.4, -0.2) is 40.6 Å². The van der Waals surface area contributed by atoms with E-state index in [1.54, 1.807) is 6.07 Å². The second-order valence-corrected chi connectivity index (χ2v) is 4.54. The molecule has 0 aromatic heterocycles. The Morgan fingerprint density at radius 2 is 1.88 bits per heavy atom. The molecule has 0 saturated carbocycles. The third-order valence-electron chi connectivity index (χ3n) is 2.82. The maximum absolute atomic E-state index is 12.4. The summed E-state index contributed by atoms with van der Waals surface area (Å²) in [5, 5.41) is 20.9. The van der Waals surface area contributed by atoms with Crippen LogP contribution in [0.15, 0.2) is 35.6 Å². The van der Waals surface area contributed by atoms with Crippen LogP contribution < -0.4 is 5.32 Å². The fourth-order valence-electron chi connectivity index (χ4n) is 1.66. The van der Waals surface area contributed by atoms with E-state index in [9.17, 15) is 23.1 Å². The van der Waals surface area contributed by atoms with Gasteiger partial charge >= 0.3 is 6.18 Å². The topological polar surface area (TPSA) is 73.1 Å². The van der Waals surface area contributed by atoms with Crippen LogP contribution in [0.1, 0.15) is 24.8 Å². The van der Waals surface area contributed by atoms with Crippen molar-refractivity contribution in [1.82, 2.24) is 0 Å². The minimum Gasteiger partial charge on any atom is -0.511 e. The zero-order valence-corrected chi connectivity index (χ0v) is 14.9. The van der Waals surface area contributed by atoms with Crippen LogP contribution in [0.3, 0.4) is 0 Å². The molecule has 8 heteroatoms. The van der Waals surface area contributed by atoms with Gasteiger partial charge in [-0.05, 0) is 24.3 Å². The number of terminal acetylenes is 1. The summed E-state index contributed by atoms with van der Waals surface area (Å²) < 4.78 is 37.3. The number of carbonyl (C=O) groups is 1. The van der Waals surface area contributed by atoms with Crippen molar-refractivity contribution >= 4 is 41.2 Å². The van der Waals surface area contributed by atoms with Crippen molar-refractivity contribution in [3.05, 3.63) is 41.2 Å². The van der Waals surface area contributed by atoms with Gasteiger partial charge in [0.25, 0.3) is 0 Å². The van der Waals surface area contributed by atoms with E-state index in [1.807, 2.05) is 0 Å². The maximum Gasteiger partial charge on any atom is 0.416 e. The number of nitrogens with one attached hydrogen (secondary N) is 1. The number of hydrogen-bond donors (Lipinski definition) is 2. The van der Waals surface area contributed by atoms with Crippen LogP contribution >= 0.6 is 0 Å². The number of hydrogen-bond acceptors (Lipinski definition) is 3. The molecule has 4 nitrogen and oxygen atoms in total. The van der Waals surface area contributed by atoms with Crippen molar-refractivity contribution in [1.29, 1.82) is 5.26 Å². The SMILES string of the molecule is C#CCCC(O)=C(C#N)CC(=O)Nc1ccc(C(F)(F)F)cc1.[Na]. The van der Waals surface area contributed by atoms with E-state index in [4.69, 9.17) is 11.7 Å². The molecule has 1 rings (SSSR count). The van der Waals surface area contributed by atoms with Crippen molar-refractivity contribution in [2.24, 2.45) is 0 Å². The van der Waals surface area contributed by atoms with E-state index >= 15 is 0 Å². The third-order valence-corrected chi connectivity index (χ3v) is 2.82. The van der Waals surface area contributed by atoms with Crippen molar-refractivity contribution in [3.8, 4) is 18.4 Å². The molecule has 0 heterocycles. The van der Waals surface area contributed by atoms with Gasteiger partial charge in [0, 0.05) is 48.1 Å². The largest absolute Gasteiger partial charge is 0.511 e. The summed E-state index contributed by atoms with van der Waals surface area (Å²) in [5.41, 5.74) is -0.812. The van der Waals surface area contributed by atoms with Gasteiger partial charge < -0.3 is 10.4 Å². The molecule has 1 amide bonds. The van der Waals surface area contributed by atoms with Gasteiger partial charge in [0.2, 0.25) is 5.91 Å². The summed E-state index contributed by atoms with van der Waals surface area (Å²) in [4.78, 5) is 11.8. The van der Waals surface area contributed by atoms with Crippen LogP contribution in [0, 0.1) is 23.7 Å². The predicted molar refractivity (Wildman–Crippen MR) is 83.8 cm³/mol. The molecule has 0 unspecified atom stereocenters. The van der Waals surface area contributed by atoms with Gasteiger partial charge in [0.1, 0.15) is 5.76 Å². The van der Waals surface area contributed by atoms with Crippen LogP contribution in [0.5, 0.6) is 0 Å². The Hall–Kier alpha value is -1.93. The number of aliphatic hydroxyl groups is 1. The van der Waals surface area contributed by atoms with Crippen LogP contribution in [0.2, 0.25) is 0 Å². The molecule has 0 spiro atoms. The van der Waals surface area contributed by atoms with Crippen LogP contribution in [0.4, 0.5) is 18.9 Å². The zero-order valence-electron chi connectivity index (χ0n) is 12.9. The Morgan fingerprint density at radius 3 is 2.33 bits per heavy atom. The number of carbonyl (C=O) groups excluding carboxylic acids is 1. The Labute approximate surface area is 159 Å². The summed E-state index contributed by atoms with van der Waals surface area (Å²) in [7, 11) is 0. The first kappa shape index (κ1) is 22.1. The second-order valence-electron chi connectivity index (χ2n) is 4.54. The Bertz CT molecular complexity index is 683. The molecule has 0 aliphatic rings. The Kier molecular flexibility index (Phi) is 9.24. The number of rotatable bonds is 5. The monoisotopic (exact) mass is 345 g/mol. The number of alkyl halides is 3. The van der Waals surface area contributed by atoms with E-state index in [2.05, 4.69) is 11.2 Å². The number of allylic oxidation sites excluding steroid dienone is 1. The van der Waals surface area contributed by atoms with Crippen molar-refractivity contribution < 1.29 is 23.1 Å². The number of amides is 1. The van der Waals surface area contributed by atoms with Gasteiger partial charge in [-0.15, -0.1) is 12.3 Å². The normalized spacial score (nSPS) is 11.4. The summed E-state index contributed by atoms with van der Waals surface area (Å²) in [6.45, 7) is 0. The maximum atomic E-state index is 12.4. The Morgan fingerprint density at radius 1 is 1.29 bits per heavy atom. The van der Waals surface area contributed by atoms with Gasteiger partial charge in [-0.2, -0.15) is 18.4 Å². The first-order valence-corrected chi connectivity index (χ1v) is 6.49. The van der Waals surface area contributed by atoms with E-state index < -0.39 is 24.1 Å². The predicted octanol–water partition coefficient (Wildman–Crippen LogP) is 3.40. The number of benzene rings is 1. The van der Waals surface area contributed by atoms with Crippen molar-refractivity contribution in [2.45, 2.75) is 25.4 Å². The second kappa shape index (κ2) is 10.0. The summed E-state index contributed by atoms with van der Waals surface area (Å²) in [5.74, 6) is 1.39. The third kappa shape index (κ3) is 7.10. The van der Waals surface area contributed by atoms with E-state index in [1.165, 1.54) is 0 Å². The molecule has 0 atom stereocenters. The van der Waals surface area contributed by atoms with E-state index in [0.717, 1.165) is 24.3 Å². The molecule has 2 N–H and O–H groups in total. The molecule has 0 saturated heterocycles. The molecule has 0 aliphatic heterocycles. The minimum atomic E-state index is -4.46. The Balaban J connectivity index is 0.00000529. The number of nitrogens with zero attached hydrogens (tertiary/aromatic N) is 1. The molecule has 0 fully saturated rings. The van der Waals surface area contributed by atoms with Crippen molar-refractivity contribution in [2.75, 3.05) is 5.32 Å². The first-order chi connectivity index (χ1) is 10.8. The van der Waals surface area contributed by atoms with Gasteiger partial charge in [-0.25, -0.2) is 0 Å². The van der Waals surface area contributed by atoms with Gasteiger partial charge in [-0.3, -0.25) is 4.79 Å².